The van der Waals surface area contributed by atoms with Gasteiger partial charge in [-0.2, -0.15) is 0 Å². The summed E-state index contributed by atoms with van der Waals surface area (Å²) in [6, 6.07) is 3.03. The molecule has 3 rings (SSSR count). The number of ether oxygens (including phenoxy) is 2. The van der Waals surface area contributed by atoms with Crippen LogP contribution in [0.15, 0.2) is 16.9 Å². The van der Waals surface area contributed by atoms with Crippen molar-refractivity contribution in [3.8, 4) is 11.5 Å². The standard InChI is InChI=1S/C18H19NO5/c1-10-15-6-4-5-7-19(15)18(22)14-8-13(23-11(2)20)9-16(17(10)14)24-12(3)21/h8-9H,4-7H2,1-3H3. The zero-order valence-corrected chi connectivity index (χ0v) is 14.0. The fourth-order valence-electron chi connectivity index (χ4n) is 3.34. The van der Waals surface area contributed by atoms with E-state index in [2.05, 4.69) is 0 Å². The van der Waals surface area contributed by atoms with Crippen LogP contribution >= 0.6 is 0 Å². The first-order valence-corrected chi connectivity index (χ1v) is 7.95. The summed E-state index contributed by atoms with van der Waals surface area (Å²) in [6.07, 6.45) is 2.81. The van der Waals surface area contributed by atoms with Gasteiger partial charge in [0.15, 0.2) is 0 Å². The van der Waals surface area contributed by atoms with Crippen molar-refractivity contribution in [1.82, 2.24) is 4.57 Å². The Morgan fingerprint density at radius 2 is 1.79 bits per heavy atom. The van der Waals surface area contributed by atoms with Gasteiger partial charge in [0, 0.05) is 37.5 Å². The second-order valence-electron chi connectivity index (χ2n) is 6.02. The average molecular weight is 329 g/mol. The summed E-state index contributed by atoms with van der Waals surface area (Å²) in [4.78, 5) is 35.6. The van der Waals surface area contributed by atoms with Crippen LogP contribution in [0.25, 0.3) is 10.8 Å². The maximum Gasteiger partial charge on any atom is 0.308 e. The molecule has 126 valence electrons. The Hall–Kier alpha value is -2.63. The summed E-state index contributed by atoms with van der Waals surface area (Å²) < 4.78 is 12.2. The lowest BCUT2D eigenvalue weighted by molar-refractivity contribution is -0.132. The fraction of sp³-hybridized carbons (Fsp3) is 0.389. The zero-order chi connectivity index (χ0) is 17.4. The summed E-state index contributed by atoms with van der Waals surface area (Å²) in [5.74, 6) is -0.551. The van der Waals surface area contributed by atoms with Crippen LogP contribution in [-0.4, -0.2) is 16.5 Å². The SMILES string of the molecule is CC(=O)Oc1cc(OC(C)=O)c2c(C)c3n(c(=O)c2c1)CCCC3. The lowest BCUT2D eigenvalue weighted by Gasteiger charge is -2.23. The van der Waals surface area contributed by atoms with E-state index in [1.807, 2.05) is 6.92 Å². The number of aryl methyl sites for hydroxylation is 1. The largest absolute Gasteiger partial charge is 0.427 e. The maximum absolute atomic E-state index is 12.9. The van der Waals surface area contributed by atoms with Crippen molar-refractivity contribution < 1.29 is 19.1 Å². The van der Waals surface area contributed by atoms with Crippen LogP contribution in [0.4, 0.5) is 0 Å². The first-order chi connectivity index (χ1) is 11.4. The van der Waals surface area contributed by atoms with Crippen molar-refractivity contribution in [1.29, 1.82) is 0 Å². The molecule has 0 atom stereocenters. The van der Waals surface area contributed by atoms with E-state index in [1.165, 1.54) is 19.9 Å². The predicted octanol–water partition coefficient (Wildman–Crippen LogP) is 2.50. The maximum atomic E-state index is 12.9. The number of benzene rings is 1. The Balaban J connectivity index is 2.36. The van der Waals surface area contributed by atoms with Crippen LogP contribution in [-0.2, 0) is 22.6 Å². The van der Waals surface area contributed by atoms with E-state index in [1.54, 1.807) is 10.6 Å². The molecule has 0 saturated heterocycles. The van der Waals surface area contributed by atoms with Crippen LogP contribution in [0.3, 0.4) is 0 Å². The molecular weight excluding hydrogens is 310 g/mol. The van der Waals surface area contributed by atoms with E-state index in [-0.39, 0.29) is 17.1 Å². The van der Waals surface area contributed by atoms with Gasteiger partial charge >= 0.3 is 11.9 Å². The number of rotatable bonds is 2. The molecule has 0 aliphatic carbocycles. The third-order valence-corrected chi connectivity index (χ3v) is 4.25. The second-order valence-corrected chi connectivity index (χ2v) is 6.02. The Bertz CT molecular complexity index is 910. The van der Waals surface area contributed by atoms with Crippen molar-refractivity contribution in [3.63, 3.8) is 0 Å². The number of esters is 2. The Morgan fingerprint density at radius 1 is 1.08 bits per heavy atom. The Kier molecular flexibility index (Phi) is 4.13. The highest BCUT2D eigenvalue weighted by Gasteiger charge is 2.21. The van der Waals surface area contributed by atoms with E-state index in [9.17, 15) is 14.4 Å². The summed E-state index contributed by atoms with van der Waals surface area (Å²) >= 11 is 0. The van der Waals surface area contributed by atoms with Crippen molar-refractivity contribution in [3.05, 3.63) is 33.7 Å². The van der Waals surface area contributed by atoms with Crippen molar-refractivity contribution >= 4 is 22.7 Å². The summed E-state index contributed by atoms with van der Waals surface area (Å²) in [6.45, 7) is 5.18. The molecule has 1 aromatic carbocycles. The lowest BCUT2D eigenvalue weighted by Crippen LogP contribution is -2.28. The molecule has 1 aromatic heterocycles. The van der Waals surface area contributed by atoms with Crippen molar-refractivity contribution in [2.75, 3.05) is 0 Å². The van der Waals surface area contributed by atoms with Gasteiger partial charge in [0.1, 0.15) is 11.5 Å². The second kappa shape index (κ2) is 6.11. The van der Waals surface area contributed by atoms with E-state index in [4.69, 9.17) is 9.47 Å². The van der Waals surface area contributed by atoms with Gasteiger partial charge in [-0.05, 0) is 37.8 Å². The molecule has 0 saturated carbocycles. The summed E-state index contributed by atoms with van der Waals surface area (Å²) in [7, 11) is 0. The molecule has 0 spiro atoms. The molecule has 0 bridgehead atoms. The number of nitrogens with zero attached hydrogens (tertiary/aromatic N) is 1. The van der Waals surface area contributed by atoms with Gasteiger partial charge in [-0.1, -0.05) is 0 Å². The lowest BCUT2D eigenvalue weighted by atomic mass is 9.98. The first-order valence-electron chi connectivity index (χ1n) is 7.95. The monoisotopic (exact) mass is 329 g/mol. The molecule has 24 heavy (non-hydrogen) atoms. The number of carbonyl (C=O) groups is 2. The topological polar surface area (TPSA) is 74.6 Å². The van der Waals surface area contributed by atoms with Gasteiger partial charge in [0.2, 0.25) is 0 Å². The molecule has 1 aliphatic heterocycles. The van der Waals surface area contributed by atoms with Crippen LogP contribution in [0.2, 0.25) is 0 Å². The highest BCUT2D eigenvalue weighted by molar-refractivity contribution is 5.94. The van der Waals surface area contributed by atoms with Crippen LogP contribution in [0.5, 0.6) is 11.5 Å². The normalized spacial score (nSPS) is 13.5. The summed E-state index contributed by atoms with van der Waals surface area (Å²) in [5, 5.41) is 1.01. The first kappa shape index (κ1) is 16.2. The predicted molar refractivity (Wildman–Crippen MR) is 88.5 cm³/mol. The molecule has 1 aliphatic rings. The minimum Gasteiger partial charge on any atom is -0.427 e. The smallest absolute Gasteiger partial charge is 0.308 e. The average Bonchev–Trinajstić information content (AvgIpc) is 2.51. The molecule has 0 unspecified atom stereocenters. The fourth-order valence-corrected chi connectivity index (χ4v) is 3.34. The number of pyridine rings is 1. The van der Waals surface area contributed by atoms with Gasteiger partial charge in [0.25, 0.3) is 5.56 Å². The van der Waals surface area contributed by atoms with Crippen LogP contribution in [0.1, 0.15) is 37.9 Å². The highest BCUT2D eigenvalue weighted by Crippen LogP contribution is 2.34. The van der Waals surface area contributed by atoms with E-state index in [0.717, 1.165) is 30.5 Å². The van der Waals surface area contributed by atoms with Gasteiger partial charge in [-0.15, -0.1) is 0 Å². The minimum atomic E-state index is -0.502. The molecule has 0 fully saturated rings. The third-order valence-electron chi connectivity index (χ3n) is 4.25. The number of hydrogen-bond donors (Lipinski definition) is 0. The molecule has 0 amide bonds. The van der Waals surface area contributed by atoms with Crippen molar-refractivity contribution in [2.24, 2.45) is 0 Å². The van der Waals surface area contributed by atoms with Crippen molar-refractivity contribution in [2.45, 2.75) is 46.6 Å². The zero-order valence-electron chi connectivity index (χ0n) is 14.0. The molecule has 6 nitrogen and oxygen atoms in total. The van der Waals surface area contributed by atoms with Gasteiger partial charge in [0.05, 0.1) is 5.39 Å². The molecule has 6 heteroatoms. The summed E-state index contributed by atoms with van der Waals surface area (Å²) in [5.41, 5.74) is 1.76. The molecular formula is C18H19NO5. The Morgan fingerprint density at radius 3 is 2.46 bits per heavy atom. The molecule has 2 aromatic rings. The van der Waals surface area contributed by atoms with E-state index < -0.39 is 11.9 Å². The minimum absolute atomic E-state index is 0.146. The number of hydrogen-bond acceptors (Lipinski definition) is 5. The van der Waals surface area contributed by atoms with Gasteiger partial charge < -0.3 is 14.0 Å². The molecule has 0 radical (unpaired) electrons. The van der Waals surface area contributed by atoms with E-state index >= 15 is 0 Å². The van der Waals surface area contributed by atoms with Gasteiger partial charge in [-0.25, -0.2) is 0 Å². The molecule has 0 N–H and O–H groups in total. The number of fused-ring (bicyclic) bond motifs is 2. The Labute approximate surface area is 139 Å². The van der Waals surface area contributed by atoms with Crippen LogP contribution < -0.4 is 15.0 Å². The van der Waals surface area contributed by atoms with Gasteiger partial charge in [-0.3, -0.25) is 14.4 Å². The number of carbonyl (C=O) groups excluding carboxylic acids is 2. The number of aromatic nitrogens is 1. The quantitative estimate of drug-likeness (QED) is 0.625. The van der Waals surface area contributed by atoms with E-state index in [0.29, 0.717) is 17.3 Å². The molecule has 2 heterocycles. The third kappa shape index (κ3) is 2.79. The highest BCUT2D eigenvalue weighted by atomic mass is 16.5. The van der Waals surface area contributed by atoms with Crippen LogP contribution in [0, 0.1) is 6.92 Å².